The van der Waals surface area contributed by atoms with Crippen LogP contribution in [0, 0.1) is 0 Å². The van der Waals surface area contributed by atoms with E-state index in [0.717, 1.165) is 6.08 Å². The highest BCUT2D eigenvalue weighted by Gasteiger charge is 2.09. The highest BCUT2D eigenvalue weighted by Crippen LogP contribution is 2.31. The summed E-state index contributed by atoms with van der Waals surface area (Å²) < 4.78 is 10.6. The summed E-state index contributed by atoms with van der Waals surface area (Å²) in [5, 5.41) is 8.83. The van der Waals surface area contributed by atoms with Gasteiger partial charge in [-0.3, -0.25) is 0 Å². The number of carboxylic acids is 1. The smallest absolute Gasteiger partial charge is 0.335 e. The highest BCUT2D eigenvalue weighted by atomic mass is 16.6. The van der Waals surface area contributed by atoms with E-state index in [0.29, 0.717) is 11.5 Å². The van der Waals surface area contributed by atoms with Gasteiger partial charge in [-0.15, -0.1) is 0 Å². The lowest BCUT2D eigenvalue weighted by Crippen LogP contribution is -2.04. The first-order valence-corrected chi connectivity index (χ1v) is 6.04. The van der Waals surface area contributed by atoms with Crippen molar-refractivity contribution in [2.24, 2.45) is 0 Å². The second kappa shape index (κ2) is 6.38. The number of para-hydroxylation sites is 2. The van der Waals surface area contributed by atoms with Crippen molar-refractivity contribution in [1.82, 2.24) is 0 Å². The SMILES string of the molecule is C=CC(=O)Oc1ccccc1Oc1ccc(C(=O)O)cc1. The summed E-state index contributed by atoms with van der Waals surface area (Å²) in [5.74, 6) is -0.572. The standard InChI is InChI=1S/C16H12O5/c1-2-15(17)21-14-6-4-3-5-13(14)20-12-9-7-11(8-10-12)16(18)19/h2-10H,1H2,(H,18,19). The maximum atomic E-state index is 11.2. The van der Waals surface area contributed by atoms with Crippen LogP contribution in [-0.2, 0) is 4.79 Å². The molecule has 5 nitrogen and oxygen atoms in total. The van der Waals surface area contributed by atoms with E-state index in [1.54, 1.807) is 24.3 Å². The van der Waals surface area contributed by atoms with Crippen molar-refractivity contribution in [1.29, 1.82) is 0 Å². The molecular formula is C16H12O5. The van der Waals surface area contributed by atoms with E-state index >= 15 is 0 Å². The molecule has 2 aromatic carbocycles. The monoisotopic (exact) mass is 284 g/mol. The minimum atomic E-state index is -1.01. The van der Waals surface area contributed by atoms with Gasteiger partial charge in [-0.05, 0) is 36.4 Å². The lowest BCUT2D eigenvalue weighted by Gasteiger charge is -2.10. The van der Waals surface area contributed by atoms with Crippen molar-refractivity contribution in [3.8, 4) is 17.2 Å². The second-order valence-corrected chi connectivity index (χ2v) is 4.00. The molecule has 0 amide bonds. The van der Waals surface area contributed by atoms with Gasteiger partial charge in [0.2, 0.25) is 0 Å². The summed E-state index contributed by atoms with van der Waals surface area (Å²) in [6, 6.07) is 12.6. The Morgan fingerprint density at radius 1 is 1.00 bits per heavy atom. The van der Waals surface area contributed by atoms with Crippen molar-refractivity contribution in [2.45, 2.75) is 0 Å². The van der Waals surface area contributed by atoms with Crippen molar-refractivity contribution >= 4 is 11.9 Å². The number of ether oxygens (including phenoxy) is 2. The van der Waals surface area contributed by atoms with Crippen LogP contribution in [0.4, 0.5) is 0 Å². The molecule has 0 aliphatic heterocycles. The van der Waals surface area contributed by atoms with E-state index in [1.165, 1.54) is 24.3 Å². The maximum absolute atomic E-state index is 11.2. The van der Waals surface area contributed by atoms with E-state index in [1.807, 2.05) is 0 Å². The highest BCUT2D eigenvalue weighted by molar-refractivity contribution is 5.87. The van der Waals surface area contributed by atoms with Gasteiger partial charge in [0.25, 0.3) is 0 Å². The predicted molar refractivity (Wildman–Crippen MR) is 75.7 cm³/mol. The van der Waals surface area contributed by atoms with Crippen LogP contribution in [-0.4, -0.2) is 17.0 Å². The van der Waals surface area contributed by atoms with E-state index in [9.17, 15) is 9.59 Å². The normalized spacial score (nSPS) is 9.71. The Bertz CT molecular complexity index is 673. The quantitative estimate of drug-likeness (QED) is 0.518. The fraction of sp³-hybridized carbons (Fsp3) is 0. The van der Waals surface area contributed by atoms with Crippen LogP contribution in [0.3, 0.4) is 0 Å². The number of aromatic carboxylic acids is 1. The van der Waals surface area contributed by atoms with Crippen molar-refractivity contribution < 1.29 is 24.2 Å². The number of hydrogen-bond acceptors (Lipinski definition) is 4. The Kier molecular flexibility index (Phi) is 4.36. The second-order valence-electron chi connectivity index (χ2n) is 4.00. The molecule has 2 rings (SSSR count). The van der Waals surface area contributed by atoms with Crippen LogP contribution in [0.25, 0.3) is 0 Å². The van der Waals surface area contributed by atoms with Gasteiger partial charge in [-0.1, -0.05) is 18.7 Å². The fourth-order valence-corrected chi connectivity index (χ4v) is 1.56. The van der Waals surface area contributed by atoms with Crippen LogP contribution < -0.4 is 9.47 Å². The zero-order valence-corrected chi connectivity index (χ0v) is 11.0. The summed E-state index contributed by atoms with van der Waals surface area (Å²) in [6.45, 7) is 3.33. The number of esters is 1. The molecule has 0 aromatic heterocycles. The van der Waals surface area contributed by atoms with Gasteiger partial charge >= 0.3 is 11.9 Å². The van der Waals surface area contributed by atoms with Crippen LogP contribution >= 0.6 is 0 Å². The molecule has 0 fully saturated rings. The Morgan fingerprint density at radius 2 is 1.62 bits per heavy atom. The van der Waals surface area contributed by atoms with Crippen molar-refractivity contribution in [2.75, 3.05) is 0 Å². The van der Waals surface area contributed by atoms with Crippen molar-refractivity contribution in [3.63, 3.8) is 0 Å². The molecule has 0 aliphatic rings. The van der Waals surface area contributed by atoms with Gasteiger partial charge < -0.3 is 14.6 Å². The Labute approximate surface area is 121 Å². The molecule has 0 saturated heterocycles. The van der Waals surface area contributed by atoms with Crippen LogP contribution in [0.15, 0.2) is 61.2 Å². The third-order valence-electron chi connectivity index (χ3n) is 2.56. The lowest BCUT2D eigenvalue weighted by atomic mass is 10.2. The first-order chi connectivity index (χ1) is 10.1. The molecule has 0 spiro atoms. The first kappa shape index (κ1) is 14.3. The van der Waals surface area contributed by atoms with Crippen LogP contribution in [0.2, 0.25) is 0 Å². The van der Waals surface area contributed by atoms with Gasteiger partial charge in [0.05, 0.1) is 5.56 Å². The molecule has 21 heavy (non-hydrogen) atoms. The van der Waals surface area contributed by atoms with E-state index in [-0.39, 0.29) is 11.3 Å². The fourth-order valence-electron chi connectivity index (χ4n) is 1.56. The average molecular weight is 284 g/mol. The largest absolute Gasteiger partial charge is 0.478 e. The van der Waals surface area contributed by atoms with Gasteiger partial charge in [0.15, 0.2) is 11.5 Å². The van der Waals surface area contributed by atoms with Gasteiger partial charge in [0, 0.05) is 6.08 Å². The molecule has 0 heterocycles. The van der Waals surface area contributed by atoms with Crippen LogP contribution in [0.5, 0.6) is 17.2 Å². The minimum absolute atomic E-state index is 0.161. The number of carbonyl (C=O) groups excluding carboxylic acids is 1. The number of hydrogen-bond donors (Lipinski definition) is 1. The van der Waals surface area contributed by atoms with Gasteiger partial charge in [-0.2, -0.15) is 0 Å². The molecule has 0 atom stereocenters. The van der Waals surface area contributed by atoms with E-state index in [2.05, 4.69) is 6.58 Å². The summed E-state index contributed by atoms with van der Waals surface area (Å²) in [7, 11) is 0. The number of rotatable bonds is 5. The third-order valence-corrected chi connectivity index (χ3v) is 2.56. The van der Waals surface area contributed by atoms with Gasteiger partial charge in [-0.25, -0.2) is 9.59 Å². The Hall–Kier alpha value is -3.08. The van der Waals surface area contributed by atoms with Gasteiger partial charge in [0.1, 0.15) is 5.75 Å². The molecule has 0 aliphatic carbocycles. The van der Waals surface area contributed by atoms with Crippen LogP contribution in [0.1, 0.15) is 10.4 Å². The molecule has 5 heteroatoms. The third kappa shape index (κ3) is 3.70. The summed E-state index contributed by atoms with van der Waals surface area (Å²) in [5.41, 5.74) is 0.161. The summed E-state index contributed by atoms with van der Waals surface area (Å²) >= 11 is 0. The predicted octanol–water partition coefficient (Wildman–Crippen LogP) is 3.27. The average Bonchev–Trinajstić information content (AvgIpc) is 2.49. The molecule has 0 radical (unpaired) electrons. The minimum Gasteiger partial charge on any atom is -0.478 e. The molecular weight excluding hydrogens is 272 g/mol. The molecule has 2 aromatic rings. The zero-order valence-electron chi connectivity index (χ0n) is 11.0. The van der Waals surface area contributed by atoms with E-state index in [4.69, 9.17) is 14.6 Å². The molecule has 1 N–H and O–H groups in total. The molecule has 0 saturated carbocycles. The summed E-state index contributed by atoms with van der Waals surface area (Å²) in [4.78, 5) is 22.0. The van der Waals surface area contributed by atoms with Crippen molar-refractivity contribution in [3.05, 3.63) is 66.7 Å². The number of carbonyl (C=O) groups is 2. The zero-order chi connectivity index (χ0) is 15.2. The number of benzene rings is 2. The Morgan fingerprint density at radius 3 is 2.19 bits per heavy atom. The Balaban J connectivity index is 2.21. The lowest BCUT2D eigenvalue weighted by molar-refractivity contribution is -0.129. The molecule has 106 valence electrons. The molecule has 0 bridgehead atoms. The number of carboxylic acid groups (broad SMARTS) is 1. The topological polar surface area (TPSA) is 72.8 Å². The summed E-state index contributed by atoms with van der Waals surface area (Å²) in [6.07, 6.45) is 1.05. The van der Waals surface area contributed by atoms with E-state index < -0.39 is 11.9 Å². The molecule has 0 unspecified atom stereocenters. The maximum Gasteiger partial charge on any atom is 0.335 e. The first-order valence-electron chi connectivity index (χ1n) is 6.04.